The topological polar surface area (TPSA) is 46.2 Å². The molecule has 1 aromatic rings. The van der Waals surface area contributed by atoms with Gasteiger partial charge >= 0.3 is 0 Å². The molecule has 0 saturated heterocycles. The molecule has 0 aromatic heterocycles. The second-order valence-corrected chi connectivity index (χ2v) is 7.81. The predicted octanol–water partition coefficient (Wildman–Crippen LogP) is 2.36. The summed E-state index contributed by atoms with van der Waals surface area (Å²) in [6.45, 7) is 4.62. The second kappa shape index (κ2) is 6.52. The van der Waals surface area contributed by atoms with E-state index in [0.717, 1.165) is 10.0 Å². The highest BCUT2D eigenvalue weighted by molar-refractivity contribution is 9.10. The number of halogens is 1. The maximum atomic E-state index is 11.5. The third-order valence-corrected chi connectivity index (χ3v) is 5.26. The van der Waals surface area contributed by atoms with Gasteiger partial charge in [0, 0.05) is 17.6 Å². The van der Waals surface area contributed by atoms with Gasteiger partial charge in [-0.3, -0.25) is 0 Å². The quantitative estimate of drug-likeness (QED) is 0.819. The van der Waals surface area contributed by atoms with Crippen LogP contribution in [0, 0.1) is 0 Å². The summed E-state index contributed by atoms with van der Waals surface area (Å²) < 4.78 is 24.1. The van der Waals surface area contributed by atoms with Crippen molar-refractivity contribution in [1.29, 1.82) is 0 Å². The molecule has 0 unspecified atom stereocenters. The molecule has 0 saturated carbocycles. The van der Waals surface area contributed by atoms with E-state index in [1.54, 1.807) is 13.8 Å². The summed E-state index contributed by atoms with van der Waals surface area (Å²) in [5.74, 6) is 0.196. The molecule has 0 aliphatic carbocycles. The monoisotopic (exact) mass is 319 g/mol. The standard InChI is InChI=1S/C12H18BrNO2S/c1-10(2)17(15,16)8-7-14-9-11-3-5-12(13)6-4-11/h3-6,10,14H,7-9H2,1-2H3. The van der Waals surface area contributed by atoms with Gasteiger partial charge in [-0.05, 0) is 31.5 Å². The SMILES string of the molecule is CC(C)S(=O)(=O)CCNCc1ccc(Br)cc1. The summed E-state index contributed by atoms with van der Waals surface area (Å²) in [5, 5.41) is 2.84. The number of hydrogen-bond donors (Lipinski definition) is 1. The smallest absolute Gasteiger partial charge is 0.153 e. The van der Waals surface area contributed by atoms with Crippen molar-refractivity contribution in [2.24, 2.45) is 0 Å². The maximum Gasteiger partial charge on any atom is 0.153 e. The number of sulfone groups is 1. The Morgan fingerprint density at radius 1 is 1.24 bits per heavy atom. The maximum absolute atomic E-state index is 11.5. The highest BCUT2D eigenvalue weighted by Crippen LogP contribution is 2.10. The summed E-state index contributed by atoms with van der Waals surface area (Å²) in [4.78, 5) is 0. The predicted molar refractivity (Wildman–Crippen MR) is 74.8 cm³/mol. The number of rotatable bonds is 6. The molecule has 1 aromatic carbocycles. The third kappa shape index (κ3) is 5.19. The molecular weight excluding hydrogens is 302 g/mol. The van der Waals surface area contributed by atoms with E-state index in [1.807, 2.05) is 24.3 Å². The second-order valence-electron chi connectivity index (χ2n) is 4.22. The van der Waals surface area contributed by atoms with Gasteiger partial charge in [-0.25, -0.2) is 8.42 Å². The van der Waals surface area contributed by atoms with E-state index >= 15 is 0 Å². The normalized spacial score (nSPS) is 12.0. The van der Waals surface area contributed by atoms with Gasteiger partial charge in [0.2, 0.25) is 0 Å². The van der Waals surface area contributed by atoms with Crippen LogP contribution in [0.15, 0.2) is 28.7 Å². The lowest BCUT2D eigenvalue weighted by atomic mass is 10.2. The van der Waals surface area contributed by atoms with Crippen molar-refractivity contribution < 1.29 is 8.42 Å². The van der Waals surface area contributed by atoms with Crippen LogP contribution in [0.3, 0.4) is 0 Å². The Morgan fingerprint density at radius 3 is 2.35 bits per heavy atom. The van der Waals surface area contributed by atoms with E-state index in [2.05, 4.69) is 21.2 Å². The molecule has 96 valence electrons. The van der Waals surface area contributed by atoms with Crippen LogP contribution in [0.1, 0.15) is 19.4 Å². The van der Waals surface area contributed by atoms with Crippen molar-refractivity contribution in [2.45, 2.75) is 25.6 Å². The van der Waals surface area contributed by atoms with E-state index < -0.39 is 9.84 Å². The van der Waals surface area contributed by atoms with Crippen LogP contribution < -0.4 is 5.32 Å². The largest absolute Gasteiger partial charge is 0.312 e. The minimum Gasteiger partial charge on any atom is -0.312 e. The first kappa shape index (κ1) is 14.7. The van der Waals surface area contributed by atoms with Crippen molar-refractivity contribution in [1.82, 2.24) is 5.32 Å². The molecule has 0 aliphatic rings. The third-order valence-electron chi connectivity index (χ3n) is 2.52. The molecule has 0 atom stereocenters. The fraction of sp³-hybridized carbons (Fsp3) is 0.500. The van der Waals surface area contributed by atoms with Crippen molar-refractivity contribution in [3.8, 4) is 0 Å². The molecule has 1 rings (SSSR count). The fourth-order valence-electron chi connectivity index (χ4n) is 1.29. The summed E-state index contributed by atoms with van der Waals surface area (Å²) in [5.41, 5.74) is 1.15. The number of nitrogens with one attached hydrogen (secondary N) is 1. The molecule has 0 fully saturated rings. The highest BCUT2D eigenvalue weighted by atomic mass is 79.9. The zero-order chi connectivity index (χ0) is 12.9. The van der Waals surface area contributed by atoms with E-state index in [9.17, 15) is 8.42 Å². The van der Waals surface area contributed by atoms with Gasteiger partial charge in [-0.2, -0.15) is 0 Å². The van der Waals surface area contributed by atoms with E-state index in [-0.39, 0.29) is 11.0 Å². The average Bonchev–Trinajstić information content (AvgIpc) is 2.26. The number of hydrogen-bond acceptors (Lipinski definition) is 3. The molecule has 0 amide bonds. The molecular formula is C12H18BrNO2S. The molecule has 0 heterocycles. The minimum atomic E-state index is -2.93. The van der Waals surface area contributed by atoms with E-state index in [1.165, 1.54) is 0 Å². The molecule has 0 bridgehead atoms. The van der Waals surface area contributed by atoms with Crippen LogP contribution in [0.25, 0.3) is 0 Å². The lowest BCUT2D eigenvalue weighted by molar-refractivity contribution is 0.582. The Hall–Kier alpha value is -0.390. The Labute approximate surface area is 112 Å². The average molecular weight is 320 g/mol. The number of benzene rings is 1. The Bertz CT molecular complexity index is 440. The van der Waals surface area contributed by atoms with Crippen molar-refractivity contribution in [2.75, 3.05) is 12.3 Å². The molecule has 0 radical (unpaired) electrons. The first-order valence-corrected chi connectivity index (χ1v) is 8.09. The van der Waals surface area contributed by atoms with Gasteiger partial charge in [0.25, 0.3) is 0 Å². The molecule has 0 aliphatic heterocycles. The fourth-order valence-corrected chi connectivity index (χ4v) is 2.45. The van der Waals surface area contributed by atoms with Gasteiger partial charge < -0.3 is 5.32 Å². The lowest BCUT2D eigenvalue weighted by Gasteiger charge is -2.08. The molecule has 3 nitrogen and oxygen atoms in total. The van der Waals surface area contributed by atoms with E-state index in [4.69, 9.17) is 0 Å². The molecule has 0 spiro atoms. The van der Waals surface area contributed by atoms with E-state index in [0.29, 0.717) is 13.1 Å². The van der Waals surface area contributed by atoms with Crippen LogP contribution in [-0.2, 0) is 16.4 Å². The summed E-state index contributed by atoms with van der Waals surface area (Å²) >= 11 is 3.37. The van der Waals surface area contributed by atoms with Crippen LogP contribution >= 0.6 is 15.9 Å². The zero-order valence-corrected chi connectivity index (χ0v) is 12.5. The van der Waals surface area contributed by atoms with Crippen molar-refractivity contribution >= 4 is 25.8 Å². The highest BCUT2D eigenvalue weighted by Gasteiger charge is 2.14. The van der Waals surface area contributed by atoms with Gasteiger partial charge in [0.05, 0.1) is 11.0 Å². The van der Waals surface area contributed by atoms with Gasteiger partial charge in [0.15, 0.2) is 9.84 Å². The van der Waals surface area contributed by atoms with Gasteiger partial charge in [-0.15, -0.1) is 0 Å². The Kier molecular flexibility index (Phi) is 5.62. The summed E-state index contributed by atoms with van der Waals surface area (Å²) in [6, 6.07) is 7.96. The van der Waals surface area contributed by atoms with Gasteiger partial charge in [0.1, 0.15) is 0 Å². The van der Waals surface area contributed by atoms with Crippen molar-refractivity contribution in [3.63, 3.8) is 0 Å². The van der Waals surface area contributed by atoms with Crippen molar-refractivity contribution in [3.05, 3.63) is 34.3 Å². The zero-order valence-electron chi connectivity index (χ0n) is 10.1. The summed E-state index contributed by atoms with van der Waals surface area (Å²) in [6.07, 6.45) is 0. The molecule has 5 heteroatoms. The van der Waals surface area contributed by atoms with Crippen LogP contribution in [0.4, 0.5) is 0 Å². The van der Waals surface area contributed by atoms with Crippen LogP contribution in [0.2, 0.25) is 0 Å². The first-order chi connectivity index (χ1) is 7.92. The Morgan fingerprint density at radius 2 is 1.82 bits per heavy atom. The minimum absolute atomic E-state index is 0.196. The first-order valence-electron chi connectivity index (χ1n) is 5.58. The molecule has 17 heavy (non-hydrogen) atoms. The lowest BCUT2D eigenvalue weighted by Crippen LogP contribution is -2.26. The van der Waals surface area contributed by atoms with Crippen LogP contribution in [0.5, 0.6) is 0 Å². The van der Waals surface area contributed by atoms with Crippen LogP contribution in [-0.4, -0.2) is 26.0 Å². The van der Waals surface area contributed by atoms with Gasteiger partial charge in [-0.1, -0.05) is 28.1 Å². The Balaban J connectivity index is 2.32. The molecule has 1 N–H and O–H groups in total. The summed E-state index contributed by atoms with van der Waals surface area (Å²) in [7, 11) is -2.93.